The second-order valence-electron chi connectivity index (χ2n) is 11.8. The molecule has 0 bridgehead atoms. The molecule has 0 N–H and O–H groups in total. The van der Waals surface area contributed by atoms with Crippen LogP contribution in [0.5, 0.6) is 0 Å². The molecule has 0 unspecified atom stereocenters. The van der Waals surface area contributed by atoms with E-state index in [4.69, 9.17) is 4.42 Å². The molecule has 47 heavy (non-hydrogen) atoms. The van der Waals surface area contributed by atoms with Gasteiger partial charge in [0.15, 0.2) is 0 Å². The maximum Gasteiger partial charge on any atom is 0.137 e. The van der Waals surface area contributed by atoms with E-state index in [0.29, 0.717) is 0 Å². The van der Waals surface area contributed by atoms with Gasteiger partial charge in [0, 0.05) is 69.6 Å². The molecule has 222 valence electrons. The minimum absolute atomic E-state index is 0.883. The lowest BCUT2D eigenvalue weighted by Crippen LogP contribution is -2.16. The highest BCUT2D eigenvalue weighted by Gasteiger charge is 2.27. The molecule has 1 aliphatic heterocycles. The zero-order valence-electron chi connectivity index (χ0n) is 25.1. The van der Waals surface area contributed by atoms with Gasteiger partial charge >= 0.3 is 0 Å². The van der Waals surface area contributed by atoms with Crippen molar-refractivity contribution < 1.29 is 4.42 Å². The summed E-state index contributed by atoms with van der Waals surface area (Å²) in [5, 5.41) is 4.89. The van der Waals surface area contributed by atoms with Crippen molar-refractivity contribution >= 4 is 99.3 Å². The molecular weight excluding hydrogens is 613 g/mol. The number of anilines is 6. The lowest BCUT2D eigenvalue weighted by atomic mass is 10.1. The molecule has 0 radical (unpaired) electrons. The number of nitrogens with zero attached hydrogens (tertiary/aromatic N) is 2. The van der Waals surface area contributed by atoms with E-state index >= 15 is 0 Å². The van der Waals surface area contributed by atoms with E-state index in [9.17, 15) is 0 Å². The Kier molecular flexibility index (Phi) is 5.98. The van der Waals surface area contributed by atoms with Crippen LogP contribution in [0.3, 0.4) is 0 Å². The zero-order chi connectivity index (χ0) is 30.9. The predicted molar refractivity (Wildman–Crippen MR) is 200 cm³/mol. The number of hydrogen-bond acceptors (Lipinski definition) is 5. The highest BCUT2D eigenvalue weighted by atomic mass is 32.2. The molecule has 3 nitrogen and oxygen atoms in total. The van der Waals surface area contributed by atoms with Crippen LogP contribution in [0.1, 0.15) is 0 Å². The lowest BCUT2D eigenvalue weighted by molar-refractivity contribution is 0.669. The number of furan rings is 1. The summed E-state index contributed by atoms with van der Waals surface area (Å²) >= 11 is 3.69. The van der Waals surface area contributed by atoms with E-state index in [1.807, 2.05) is 35.2 Å². The molecule has 0 atom stereocenters. The van der Waals surface area contributed by atoms with Crippen LogP contribution >= 0.6 is 23.1 Å². The number of benzene rings is 7. The second kappa shape index (κ2) is 10.5. The maximum atomic E-state index is 6.32. The van der Waals surface area contributed by atoms with Gasteiger partial charge in [0.05, 0.1) is 11.4 Å². The van der Waals surface area contributed by atoms with Crippen molar-refractivity contribution in [2.45, 2.75) is 9.79 Å². The average molecular weight is 639 g/mol. The molecule has 1 aliphatic rings. The Morgan fingerprint density at radius 2 is 1.13 bits per heavy atom. The molecule has 10 rings (SSSR count). The summed E-state index contributed by atoms with van der Waals surface area (Å²) in [6, 6.07) is 56.5. The van der Waals surface area contributed by atoms with E-state index in [-0.39, 0.29) is 0 Å². The maximum absolute atomic E-state index is 6.32. The fourth-order valence-electron chi connectivity index (χ4n) is 6.89. The Balaban J connectivity index is 1.13. The van der Waals surface area contributed by atoms with Crippen molar-refractivity contribution in [3.63, 3.8) is 0 Å². The van der Waals surface area contributed by atoms with Gasteiger partial charge in [-0.15, -0.1) is 11.3 Å². The van der Waals surface area contributed by atoms with Crippen LogP contribution in [-0.2, 0) is 0 Å². The zero-order valence-corrected chi connectivity index (χ0v) is 26.8. The molecular formula is C42H26N2OS2. The SMILES string of the molecule is c1ccc(N(c2ccc3c(c2)Sc2ccccc2N3c2ccc3c(c2)sc2ccccc23)c2ccc3c(c2)oc2ccccc23)cc1. The first-order chi connectivity index (χ1) is 23.3. The topological polar surface area (TPSA) is 19.6 Å². The summed E-state index contributed by atoms with van der Waals surface area (Å²) in [5.41, 5.74) is 8.58. The smallest absolute Gasteiger partial charge is 0.137 e. The first-order valence-electron chi connectivity index (χ1n) is 15.7. The molecule has 9 aromatic rings. The van der Waals surface area contributed by atoms with E-state index in [0.717, 1.165) is 39.0 Å². The van der Waals surface area contributed by atoms with Gasteiger partial charge in [-0.3, -0.25) is 0 Å². The molecule has 0 saturated heterocycles. The summed E-state index contributed by atoms with van der Waals surface area (Å²) < 4.78 is 8.94. The Morgan fingerprint density at radius 3 is 2.06 bits per heavy atom. The van der Waals surface area contributed by atoms with Gasteiger partial charge < -0.3 is 14.2 Å². The Morgan fingerprint density at radius 1 is 0.447 bits per heavy atom. The Bertz CT molecular complexity index is 2640. The number of rotatable bonds is 4. The number of fused-ring (bicyclic) bond motifs is 8. The molecule has 0 aliphatic carbocycles. The van der Waals surface area contributed by atoms with Crippen LogP contribution in [0.4, 0.5) is 34.1 Å². The minimum atomic E-state index is 0.883. The number of thiophene rings is 1. The van der Waals surface area contributed by atoms with Gasteiger partial charge in [0.1, 0.15) is 11.2 Å². The Labute approximate surface area is 279 Å². The fraction of sp³-hybridized carbons (Fsp3) is 0. The largest absolute Gasteiger partial charge is 0.456 e. The van der Waals surface area contributed by atoms with Crippen LogP contribution in [0.15, 0.2) is 172 Å². The number of hydrogen-bond donors (Lipinski definition) is 0. The van der Waals surface area contributed by atoms with Gasteiger partial charge in [0.2, 0.25) is 0 Å². The molecule has 0 saturated carbocycles. The quantitative estimate of drug-likeness (QED) is 0.191. The van der Waals surface area contributed by atoms with E-state index in [1.54, 1.807) is 0 Å². The van der Waals surface area contributed by atoms with E-state index in [1.165, 1.54) is 47.0 Å². The standard InChI is InChI=1S/C42H26N2OS2/c1-2-10-27(11-3-1)43(28-18-21-32-31-12-4-7-15-37(31)45-38(32)24-28)29-20-23-36-42(26-29)47-40-17-9-6-14-35(40)44(36)30-19-22-34-33-13-5-8-16-39(33)46-41(34)25-30/h1-26H. The van der Waals surface area contributed by atoms with Crippen molar-refractivity contribution in [3.8, 4) is 0 Å². The third-order valence-corrected chi connectivity index (χ3v) is 11.3. The monoisotopic (exact) mass is 638 g/mol. The fourth-order valence-corrected chi connectivity index (χ4v) is 9.12. The molecule has 0 amide bonds. The van der Waals surface area contributed by atoms with Crippen LogP contribution in [-0.4, -0.2) is 0 Å². The first-order valence-corrected chi connectivity index (χ1v) is 17.3. The third-order valence-electron chi connectivity index (χ3n) is 9.02. The van der Waals surface area contributed by atoms with Crippen LogP contribution in [0.2, 0.25) is 0 Å². The van der Waals surface area contributed by atoms with Gasteiger partial charge in [-0.25, -0.2) is 0 Å². The summed E-state index contributed by atoms with van der Waals surface area (Å²) in [6.07, 6.45) is 0. The van der Waals surface area contributed by atoms with Gasteiger partial charge in [-0.2, -0.15) is 0 Å². The predicted octanol–water partition coefficient (Wildman–Crippen LogP) is 13.4. The number of para-hydroxylation sites is 3. The molecule has 0 fully saturated rings. The lowest BCUT2D eigenvalue weighted by Gasteiger charge is -2.34. The third kappa shape index (κ3) is 4.28. The Hall–Kier alpha value is -5.49. The van der Waals surface area contributed by atoms with Crippen LogP contribution in [0, 0.1) is 0 Å². The summed E-state index contributed by atoms with van der Waals surface area (Å²) in [5.74, 6) is 0. The molecule has 7 aromatic carbocycles. The second-order valence-corrected chi connectivity index (χ2v) is 14.0. The molecule has 5 heteroatoms. The molecule has 2 aromatic heterocycles. The van der Waals surface area contributed by atoms with Crippen molar-refractivity contribution in [1.29, 1.82) is 0 Å². The van der Waals surface area contributed by atoms with Gasteiger partial charge in [-0.05, 0) is 78.9 Å². The first kappa shape index (κ1) is 26.7. The highest BCUT2D eigenvalue weighted by Crippen LogP contribution is 2.53. The average Bonchev–Trinajstić information content (AvgIpc) is 3.68. The summed E-state index contributed by atoms with van der Waals surface area (Å²) in [7, 11) is 0. The van der Waals surface area contributed by atoms with Crippen LogP contribution in [0.25, 0.3) is 42.1 Å². The van der Waals surface area contributed by atoms with E-state index in [2.05, 4.69) is 155 Å². The molecule has 0 spiro atoms. The van der Waals surface area contributed by atoms with Gasteiger partial charge in [-0.1, -0.05) is 84.6 Å². The van der Waals surface area contributed by atoms with Crippen molar-refractivity contribution in [2.24, 2.45) is 0 Å². The highest BCUT2D eigenvalue weighted by molar-refractivity contribution is 7.99. The van der Waals surface area contributed by atoms with Crippen LogP contribution < -0.4 is 9.80 Å². The summed E-state index contributed by atoms with van der Waals surface area (Å²) in [4.78, 5) is 7.19. The summed E-state index contributed by atoms with van der Waals surface area (Å²) in [6.45, 7) is 0. The van der Waals surface area contributed by atoms with Crippen molar-refractivity contribution in [1.82, 2.24) is 0 Å². The molecule has 3 heterocycles. The van der Waals surface area contributed by atoms with E-state index < -0.39 is 0 Å². The normalized spacial score (nSPS) is 12.6. The van der Waals surface area contributed by atoms with Crippen molar-refractivity contribution in [3.05, 3.63) is 158 Å². The minimum Gasteiger partial charge on any atom is -0.456 e. The van der Waals surface area contributed by atoms with Gasteiger partial charge in [0.25, 0.3) is 0 Å². The van der Waals surface area contributed by atoms with Crippen molar-refractivity contribution in [2.75, 3.05) is 9.80 Å².